The molecule has 40 heavy (non-hydrogen) atoms. The Labute approximate surface area is 251 Å². The van der Waals surface area contributed by atoms with Crippen molar-refractivity contribution in [3.63, 3.8) is 0 Å². The molecule has 0 spiro atoms. The number of hydrogen-bond donors (Lipinski definition) is 1. The molecule has 0 aliphatic carbocycles. The molecule has 1 atom stereocenters. The van der Waals surface area contributed by atoms with Gasteiger partial charge in [-0.3, -0.25) is 0 Å². The molecule has 0 bridgehead atoms. The minimum Gasteiger partial charge on any atom is -0.401 e. The Kier molecular flexibility index (Phi) is 11.3. The molecule has 0 radical (unpaired) electrons. The third-order valence-corrected chi connectivity index (χ3v) is 11.4. The molecule has 0 saturated carbocycles. The van der Waals surface area contributed by atoms with Crippen LogP contribution < -0.4 is 31.8 Å². The number of rotatable bonds is 7. The van der Waals surface area contributed by atoms with Crippen molar-refractivity contribution < 1.29 is 22.2 Å². The predicted molar refractivity (Wildman–Crippen MR) is 172 cm³/mol. The summed E-state index contributed by atoms with van der Waals surface area (Å²) in [5, 5.41) is 18.2. The van der Waals surface area contributed by atoms with Gasteiger partial charge in [0, 0.05) is 6.10 Å². The van der Waals surface area contributed by atoms with Crippen LogP contribution in [0.5, 0.6) is 0 Å². The maximum Gasteiger partial charge on any atom is 2.00 e. The van der Waals surface area contributed by atoms with Crippen molar-refractivity contribution in [2.75, 3.05) is 0 Å². The van der Waals surface area contributed by atoms with Gasteiger partial charge >= 0.3 is 17.1 Å². The molecule has 1 nitrogen and oxygen atoms in total. The molecule has 0 fully saturated rings. The quantitative estimate of drug-likeness (QED) is 0.129. The maximum atomic E-state index is 10.0. The largest absolute Gasteiger partial charge is 2.00 e. The first-order chi connectivity index (χ1) is 19.2. The molecule has 1 N–H and O–H groups in total. The molecule has 0 heterocycles. The van der Waals surface area contributed by atoms with Gasteiger partial charge in [0.25, 0.3) is 0 Å². The molecule has 6 rings (SSSR count). The molecule has 200 valence electrons. The zero-order valence-corrected chi connectivity index (χ0v) is 25.3. The number of benzene rings is 4. The number of aliphatic hydroxyl groups is 1. The van der Waals surface area contributed by atoms with E-state index in [2.05, 4.69) is 140 Å². The van der Waals surface area contributed by atoms with E-state index in [1.54, 1.807) is 0 Å². The van der Waals surface area contributed by atoms with Crippen molar-refractivity contribution >= 4 is 47.7 Å². The fraction of sp³-hybridized carbons (Fsp3) is 0.0556. The van der Waals surface area contributed by atoms with E-state index in [1.165, 1.54) is 31.8 Å². The van der Waals surface area contributed by atoms with E-state index in [0.717, 1.165) is 5.56 Å². The summed E-state index contributed by atoms with van der Waals surface area (Å²) in [5.74, 6) is 0. The van der Waals surface area contributed by atoms with E-state index in [1.807, 2.05) is 31.2 Å². The van der Waals surface area contributed by atoms with E-state index >= 15 is 0 Å². The van der Waals surface area contributed by atoms with Crippen LogP contribution in [-0.4, -0.2) is 5.11 Å². The molecule has 1 unspecified atom stereocenters. The summed E-state index contributed by atoms with van der Waals surface area (Å²) >= 11 is 0. The Balaban J connectivity index is 0.000000182. The summed E-state index contributed by atoms with van der Waals surface area (Å²) in [5.41, 5.74) is 1.04. The molecule has 0 aliphatic rings. The van der Waals surface area contributed by atoms with Gasteiger partial charge < -0.3 is 5.11 Å². The first-order valence-corrected chi connectivity index (χ1v) is 15.9. The van der Waals surface area contributed by atoms with Crippen LogP contribution in [0, 0.1) is 0 Å². The molecular formula is C36H32FeOP2. The summed E-state index contributed by atoms with van der Waals surface area (Å²) in [4.78, 5) is 0. The fourth-order valence-corrected chi connectivity index (χ4v) is 9.53. The maximum absolute atomic E-state index is 10.0. The second-order valence-corrected chi connectivity index (χ2v) is 13.6. The molecule has 0 aliphatic heterocycles. The van der Waals surface area contributed by atoms with Crippen LogP contribution in [0.25, 0.3) is 0 Å². The van der Waals surface area contributed by atoms with Crippen molar-refractivity contribution in [2.45, 2.75) is 13.0 Å². The minimum atomic E-state index is -0.622. The Hall–Kier alpha value is -3.08. The molecule has 0 saturated heterocycles. The number of aliphatic hydroxyl groups excluding tert-OH is 1. The Morgan fingerprint density at radius 2 is 0.975 bits per heavy atom. The van der Waals surface area contributed by atoms with Gasteiger partial charge in [-0.25, -0.2) is 24.3 Å². The normalized spacial score (nSPS) is 11.4. The topological polar surface area (TPSA) is 20.2 Å². The summed E-state index contributed by atoms with van der Waals surface area (Å²) in [6, 6.07) is 57.6. The zero-order valence-electron chi connectivity index (χ0n) is 22.4. The molecule has 0 amide bonds. The van der Waals surface area contributed by atoms with Gasteiger partial charge in [-0.15, -0.1) is 16.2 Å². The fourth-order valence-electron chi connectivity index (χ4n) is 4.68. The molecule has 6 aromatic rings. The van der Waals surface area contributed by atoms with Crippen molar-refractivity contribution in [1.82, 2.24) is 0 Å². The zero-order chi connectivity index (χ0) is 26.9. The van der Waals surface area contributed by atoms with Gasteiger partial charge in [0.05, 0.1) is 0 Å². The van der Waals surface area contributed by atoms with Crippen molar-refractivity contribution in [3.8, 4) is 0 Å². The second kappa shape index (κ2) is 15.1. The summed E-state index contributed by atoms with van der Waals surface area (Å²) in [7, 11) is -1.03. The third-order valence-electron chi connectivity index (χ3n) is 6.48. The van der Waals surface area contributed by atoms with Crippen LogP contribution in [-0.2, 0) is 17.1 Å². The third kappa shape index (κ3) is 7.35. The van der Waals surface area contributed by atoms with Gasteiger partial charge in [0.15, 0.2) is 0 Å². The summed E-state index contributed by atoms with van der Waals surface area (Å²) in [6.07, 6.45) is -0.438. The van der Waals surface area contributed by atoms with Gasteiger partial charge in [0.2, 0.25) is 0 Å². The molecule has 6 aromatic carbocycles. The van der Waals surface area contributed by atoms with E-state index in [4.69, 9.17) is 0 Å². The standard InChI is InChI=1S/C19H18OP.C17H14P.Fe/c1-15(20)18-13-8-14-19(18)21(16-9-4-2-5-10-16)17-11-6-3-7-12-17;1-3-9-15(10-4-1)18(17-13-7-8-14-17)16-11-5-2-6-12-16;/h2-15,20H,1H3;1-14H;/q2*-1;+2. The number of hydrogen-bond acceptors (Lipinski definition) is 1. The van der Waals surface area contributed by atoms with Crippen LogP contribution >= 0.6 is 15.8 Å². The van der Waals surface area contributed by atoms with Crippen LogP contribution in [0.4, 0.5) is 0 Å². The van der Waals surface area contributed by atoms with Crippen LogP contribution in [0.1, 0.15) is 18.6 Å². The monoisotopic (exact) mass is 598 g/mol. The van der Waals surface area contributed by atoms with E-state index in [0.29, 0.717) is 0 Å². The molecule has 4 heteroatoms. The average Bonchev–Trinajstić information content (AvgIpc) is 3.70. The molecule has 0 aromatic heterocycles. The van der Waals surface area contributed by atoms with E-state index in [-0.39, 0.29) is 17.1 Å². The van der Waals surface area contributed by atoms with Crippen molar-refractivity contribution in [1.29, 1.82) is 0 Å². The average molecular weight is 598 g/mol. The van der Waals surface area contributed by atoms with E-state index < -0.39 is 21.9 Å². The molecular weight excluding hydrogens is 566 g/mol. The Morgan fingerprint density at radius 1 is 0.550 bits per heavy atom. The smallest absolute Gasteiger partial charge is 0.401 e. The van der Waals surface area contributed by atoms with Crippen molar-refractivity contribution in [3.05, 3.63) is 169 Å². The van der Waals surface area contributed by atoms with Crippen LogP contribution in [0.2, 0.25) is 0 Å². The Morgan fingerprint density at radius 3 is 1.35 bits per heavy atom. The SMILES string of the molecule is CC(O)[c-]1cccc1P(c1ccccc1)c1ccccc1.[Fe+2].c1ccc(P(c2ccccc2)c2ccc[cH-]2)cc1. The predicted octanol–water partition coefficient (Wildman–Crippen LogP) is 6.38. The second-order valence-electron chi connectivity index (χ2n) is 9.20. The minimum absolute atomic E-state index is 0. The van der Waals surface area contributed by atoms with Gasteiger partial charge in [-0.2, -0.15) is 18.2 Å². The van der Waals surface area contributed by atoms with Gasteiger partial charge in [-0.1, -0.05) is 121 Å². The Bertz CT molecular complexity index is 1430. The summed E-state index contributed by atoms with van der Waals surface area (Å²) in [6.45, 7) is 1.84. The van der Waals surface area contributed by atoms with E-state index in [9.17, 15) is 5.11 Å². The van der Waals surface area contributed by atoms with Crippen molar-refractivity contribution in [2.24, 2.45) is 0 Å². The van der Waals surface area contributed by atoms with Crippen LogP contribution in [0.3, 0.4) is 0 Å². The first kappa shape index (κ1) is 29.9. The first-order valence-electron chi connectivity index (χ1n) is 13.2. The van der Waals surface area contributed by atoms with Gasteiger partial charge in [-0.05, 0) is 44.0 Å². The summed E-state index contributed by atoms with van der Waals surface area (Å²) < 4.78 is 0. The van der Waals surface area contributed by atoms with Crippen LogP contribution in [0.15, 0.2) is 164 Å². The van der Waals surface area contributed by atoms with Gasteiger partial charge in [0.1, 0.15) is 0 Å².